The van der Waals surface area contributed by atoms with Crippen LogP contribution in [-0.2, 0) is 0 Å². The van der Waals surface area contributed by atoms with Gasteiger partial charge < -0.3 is 5.32 Å². The molecule has 0 saturated carbocycles. The van der Waals surface area contributed by atoms with E-state index in [1.807, 2.05) is 38.1 Å². The molecule has 0 fully saturated rings. The van der Waals surface area contributed by atoms with Crippen LogP contribution in [0.1, 0.15) is 24.1 Å². The predicted octanol–water partition coefficient (Wildman–Crippen LogP) is 5.21. The van der Waals surface area contributed by atoms with Crippen molar-refractivity contribution in [1.82, 2.24) is 0 Å². The molecule has 0 heterocycles. The van der Waals surface area contributed by atoms with Gasteiger partial charge in [0.15, 0.2) is 0 Å². The van der Waals surface area contributed by atoms with E-state index in [0.717, 1.165) is 23.3 Å². The lowest BCUT2D eigenvalue weighted by Gasteiger charge is -2.18. The highest BCUT2D eigenvalue weighted by Crippen LogP contribution is 2.27. The van der Waals surface area contributed by atoms with Gasteiger partial charge in [0.05, 0.1) is 10.2 Å². The summed E-state index contributed by atoms with van der Waals surface area (Å²) in [5.74, 6) is -0.963. The van der Waals surface area contributed by atoms with Gasteiger partial charge in [-0.25, -0.2) is 8.78 Å². The Hall–Kier alpha value is -1.42. The number of aryl methyl sites for hydroxylation is 1. The topological polar surface area (TPSA) is 12.0 Å². The first kappa shape index (κ1) is 14.0. The van der Waals surface area contributed by atoms with E-state index in [9.17, 15) is 8.78 Å². The number of hydrogen-bond acceptors (Lipinski definition) is 1. The number of benzene rings is 2. The van der Waals surface area contributed by atoms with Gasteiger partial charge >= 0.3 is 0 Å². The maximum atomic E-state index is 13.7. The summed E-state index contributed by atoms with van der Waals surface area (Å²) in [6.07, 6.45) is 0. The van der Waals surface area contributed by atoms with Crippen molar-refractivity contribution in [3.8, 4) is 0 Å². The Morgan fingerprint density at radius 3 is 2.47 bits per heavy atom. The van der Waals surface area contributed by atoms with E-state index in [4.69, 9.17) is 0 Å². The number of halogens is 3. The lowest BCUT2D eigenvalue weighted by Crippen LogP contribution is -2.09. The normalized spacial score (nSPS) is 12.3. The number of nitrogens with one attached hydrogen (secondary N) is 1. The lowest BCUT2D eigenvalue weighted by molar-refractivity contribution is 0.595. The first-order chi connectivity index (χ1) is 8.99. The van der Waals surface area contributed by atoms with Crippen LogP contribution in [0, 0.1) is 18.6 Å². The molecular formula is C15H14BrF2N. The number of hydrogen-bond donors (Lipinski definition) is 1. The first-order valence-corrected chi connectivity index (χ1v) is 6.75. The monoisotopic (exact) mass is 325 g/mol. The minimum absolute atomic E-state index is 0.101. The quantitative estimate of drug-likeness (QED) is 0.764. The molecule has 1 nitrogen and oxygen atoms in total. The van der Waals surface area contributed by atoms with Crippen molar-refractivity contribution in [2.24, 2.45) is 0 Å². The van der Waals surface area contributed by atoms with Crippen molar-refractivity contribution in [3.63, 3.8) is 0 Å². The zero-order valence-corrected chi connectivity index (χ0v) is 12.3. The molecule has 0 amide bonds. The predicted molar refractivity (Wildman–Crippen MR) is 77.3 cm³/mol. The molecule has 1 N–H and O–H groups in total. The van der Waals surface area contributed by atoms with Crippen molar-refractivity contribution in [2.45, 2.75) is 19.9 Å². The van der Waals surface area contributed by atoms with Gasteiger partial charge in [0.2, 0.25) is 0 Å². The Labute approximate surface area is 119 Å². The van der Waals surface area contributed by atoms with Gasteiger partial charge in [-0.3, -0.25) is 0 Å². The van der Waals surface area contributed by atoms with Gasteiger partial charge in [0, 0.05) is 12.1 Å². The van der Waals surface area contributed by atoms with Crippen LogP contribution in [0.25, 0.3) is 0 Å². The highest BCUT2D eigenvalue weighted by atomic mass is 79.9. The van der Waals surface area contributed by atoms with Crippen LogP contribution in [0.2, 0.25) is 0 Å². The molecule has 100 valence electrons. The molecule has 0 bridgehead atoms. The Morgan fingerprint density at radius 2 is 1.79 bits per heavy atom. The molecule has 0 aliphatic rings. The summed E-state index contributed by atoms with van der Waals surface area (Å²) >= 11 is 2.96. The summed E-state index contributed by atoms with van der Waals surface area (Å²) in [6.45, 7) is 3.91. The smallest absolute Gasteiger partial charge is 0.147 e. The SMILES string of the molecule is Cc1ccccc1C(C)Nc1cc(F)c(Br)cc1F. The second-order valence-corrected chi connectivity index (χ2v) is 5.32. The fourth-order valence-electron chi connectivity index (χ4n) is 2.02. The zero-order valence-electron chi connectivity index (χ0n) is 10.7. The van der Waals surface area contributed by atoms with Crippen molar-refractivity contribution in [2.75, 3.05) is 5.32 Å². The van der Waals surface area contributed by atoms with Crippen LogP contribution in [0.5, 0.6) is 0 Å². The van der Waals surface area contributed by atoms with Crippen molar-refractivity contribution >= 4 is 21.6 Å². The van der Waals surface area contributed by atoms with Crippen LogP contribution in [0.15, 0.2) is 40.9 Å². The van der Waals surface area contributed by atoms with Gasteiger partial charge in [0.25, 0.3) is 0 Å². The summed E-state index contributed by atoms with van der Waals surface area (Å²) < 4.78 is 27.3. The molecule has 2 aromatic rings. The summed E-state index contributed by atoms with van der Waals surface area (Å²) in [4.78, 5) is 0. The minimum Gasteiger partial charge on any atom is -0.376 e. The van der Waals surface area contributed by atoms with Crippen molar-refractivity contribution in [3.05, 3.63) is 63.6 Å². The van der Waals surface area contributed by atoms with Crippen LogP contribution in [-0.4, -0.2) is 0 Å². The van der Waals surface area contributed by atoms with Gasteiger partial charge in [-0.2, -0.15) is 0 Å². The molecule has 0 saturated heterocycles. The molecule has 2 rings (SSSR count). The summed E-state index contributed by atoms with van der Waals surface area (Å²) in [5, 5.41) is 3.00. The van der Waals surface area contributed by atoms with Crippen LogP contribution >= 0.6 is 15.9 Å². The van der Waals surface area contributed by atoms with Gasteiger partial charge in [-0.1, -0.05) is 24.3 Å². The highest BCUT2D eigenvalue weighted by Gasteiger charge is 2.12. The van der Waals surface area contributed by atoms with E-state index in [1.54, 1.807) is 0 Å². The fraction of sp³-hybridized carbons (Fsp3) is 0.200. The van der Waals surface area contributed by atoms with E-state index in [1.165, 1.54) is 0 Å². The molecule has 1 atom stereocenters. The standard InChI is InChI=1S/C15H14BrF2N/c1-9-5-3-4-6-11(9)10(2)19-15-8-13(17)12(16)7-14(15)18/h3-8,10,19H,1-2H3. The van der Waals surface area contributed by atoms with Crippen LogP contribution in [0.4, 0.5) is 14.5 Å². The average Bonchev–Trinajstić information content (AvgIpc) is 2.36. The molecule has 4 heteroatoms. The molecule has 0 aliphatic carbocycles. The van der Waals surface area contributed by atoms with Gasteiger partial charge in [-0.05, 0) is 47.0 Å². The van der Waals surface area contributed by atoms with Gasteiger partial charge in [0.1, 0.15) is 11.6 Å². The first-order valence-electron chi connectivity index (χ1n) is 5.95. The molecular weight excluding hydrogens is 312 g/mol. The third kappa shape index (κ3) is 3.13. The van der Waals surface area contributed by atoms with E-state index in [2.05, 4.69) is 21.2 Å². The zero-order chi connectivity index (χ0) is 14.0. The fourth-order valence-corrected chi connectivity index (χ4v) is 2.33. The maximum Gasteiger partial charge on any atom is 0.147 e. The van der Waals surface area contributed by atoms with Gasteiger partial charge in [-0.15, -0.1) is 0 Å². The van der Waals surface area contributed by atoms with E-state index >= 15 is 0 Å². The summed E-state index contributed by atoms with van der Waals surface area (Å²) in [5.41, 5.74) is 2.34. The lowest BCUT2D eigenvalue weighted by atomic mass is 10.0. The Balaban J connectivity index is 2.27. The molecule has 0 radical (unpaired) electrons. The Morgan fingerprint density at radius 1 is 1.11 bits per heavy atom. The van der Waals surface area contributed by atoms with E-state index < -0.39 is 11.6 Å². The molecule has 0 aromatic heterocycles. The number of rotatable bonds is 3. The molecule has 0 spiro atoms. The summed E-state index contributed by atoms with van der Waals surface area (Å²) in [7, 11) is 0. The second-order valence-electron chi connectivity index (χ2n) is 4.47. The second kappa shape index (κ2) is 5.70. The molecule has 19 heavy (non-hydrogen) atoms. The molecule has 1 unspecified atom stereocenters. The average molecular weight is 326 g/mol. The minimum atomic E-state index is -0.485. The van der Waals surface area contributed by atoms with Crippen LogP contribution in [0.3, 0.4) is 0 Å². The maximum absolute atomic E-state index is 13.7. The highest BCUT2D eigenvalue weighted by molar-refractivity contribution is 9.10. The van der Waals surface area contributed by atoms with Crippen LogP contribution < -0.4 is 5.32 Å². The van der Waals surface area contributed by atoms with E-state index in [-0.39, 0.29) is 16.2 Å². The van der Waals surface area contributed by atoms with Crippen molar-refractivity contribution < 1.29 is 8.78 Å². The summed E-state index contributed by atoms with van der Waals surface area (Å²) in [6, 6.07) is 10.0. The number of anilines is 1. The van der Waals surface area contributed by atoms with Crippen molar-refractivity contribution in [1.29, 1.82) is 0 Å². The Bertz CT molecular complexity index is 599. The Kier molecular flexibility index (Phi) is 4.20. The van der Waals surface area contributed by atoms with E-state index in [0.29, 0.717) is 0 Å². The third-order valence-corrected chi connectivity index (χ3v) is 3.64. The third-order valence-electron chi connectivity index (χ3n) is 3.04. The largest absolute Gasteiger partial charge is 0.376 e. The molecule has 0 aliphatic heterocycles. The molecule has 2 aromatic carbocycles.